The molecule has 0 spiro atoms. The molecule has 6 heteroatoms. The minimum atomic E-state index is -0.835. The first-order valence-corrected chi connectivity index (χ1v) is 6.93. The number of halogens is 3. The Labute approximate surface area is 118 Å². The first-order chi connectivity index (χ1) is 8.99. The normalized spacial score (nSPS) is 17.7. The van der Waals surface area contributed by atoms with Crippen molar-refractivity contribution >= 4 is 21.7 Å². The number of ketones is 1. The van der Waals surface area contributed by atoms with Crippen molar-refractivity contribution in [1.29, 1.82) is 0 Å². The highest BCUT2D eigenvalue weighted by Gasteiger charge is 2.23. The fourth-order valence-electron chi connectivity index (χ4n) is 2.18. The van der Waals surface area contributed by atoms with Gasteiger partial charge in [0, 0.05) is 19.1 Å². The quantitative estimate of drug-likeness (QED) is 0.682. The lowest BCUT2D eigenvalue weighted by Gasteiger charge is -2.29. The first-order valence-electron chi connectivity index (χ1n) is 6.13. The van der Waals surface area contributed by atoms with Gasteiger partial charge < -0.3 is 5.73 Å². The van der Waals surface area contributed by atoms with Crippen LogP contribution in [0.15, 0.2) is 16.6 Å². The van der Waals surface area contributed by atoms with Crippen LogP contribution < -0.4 is 5.73 Å². The molecule has 1 aromatic carbocycles. The summed E-state index contributed by atoms with van der Waals surface area (Å²) in [4.78, 5) is 13.9. The molecule has 0 aliphatic carbocycles. The van der Waals surface area contributed by atoms with Crippen LogP contribution in [-0.2, 0) is 0 Å². The number of nitrogens with two attached hydrogens (primary N) is 1. The third-order valence-corrected chi connectivity index (χ3v) is 3.93. The second kappa shape index (κ2) is 6.07. The van der Waals surface area contributed by atoms with E-state index < -0.39 is 23.0 Å². The molecule has 0 bridgehead atoms. The second-order valence-electron chi connectivity index (χ2n) is 4.75. The fraction of sp³-hybridized carbons (Fsp3) is 0.462. The molecule has 1 saturated heterocycles. The molecule has 104 valence electrons. The standard InChI is InChI=1S/C13H15BrF2N2O/c14-9-1-2-10(15)12(13(9)16)11(19)7-18-5-3-8(17)4-6-18/h1-2,8H,3-7,17H2. The zero-order valence-corrected chi connectivity index (χ0v) is 11.9. The number of nitrogens with zero attached hydrogens (tertiary/aromatic N) is 1. The van der Waals surface area contributed by atoms with Gasteiger partial charge in [-0.15, -0.1) is 0 Å². The van der Waals surface area contributed by atoms with Crippen molar-refractivity contribution in [3.05, 3.63) is 33.8 Å². The van der Waals surface area contributed by atoms with Crippen molar-refractivity contribution < 1.29 is 13.6 Å². The van der Waals surface area contributed by atoms with Gasteiger partial charge in [-0.3, -0.25) is 9.69 Å². The molecule has 2 N–H and O–H groups in total. The number of benzene rings is 1. The van der Waals surface area contributed by atoms with Crippen LogP contribution in [0, 0.1) is 11.6 Å². The molecular formula is C13H15BrF2N2O. The number of likely N-dealkylation sites (tertiary alicyclic amines) is 1. The van der Waals surface area contributed by atoms with Crippen LogP contribution in [0.1, 0.15) is 23.2 Å². The summed E-state index contributed by atoms with van der Waals surface area (Å²) in [6.07, 6.45) is 1.60. The van der Waals surface area contributed by atoms with Crippen molar-refractivity contribution in [2.24, 2.45) is 5.73 Å². The van der Waals surface area contributed by atoms with Gasteiger partial charge in [0.2, 0.25) is 0 Å². The van der Waals surface area contributed by atoms with E-state index in [9.17, 15) is 13.6 Å². The fourth-order valence-corrected chi connectivity index (χ4v) is 2.51. The smallest absolute Gasteiger partial charge is 0.182 e. The van der Waals surface area contributed by atoms with Crippen molar-refractivity contribution in [3.63, 3.8) is 0 Å². The van der Waals surface area contributed by atoms with Gasteiger partial charge in [0.05, 0.1) is 16.6 Å². The maximum atomic E-state index is 13.8. The van der Waals surface area contributed by atoms with E-state index in [1.54, 1.807) is 0 Å². The molecule has 1 fully saturated rings. The Bertz CT molecular complexity index is 488. The number of hydrogen-bond donors (Lipinski definition) is 1. The van der Waals surface area contributed by atoms with Gasteiger partial charge in [-0.05, 0) is 40.9 Å². The molecule has 0 amide bonds. The molecule has 1 aliphatic heterocycles. The minimum Gasteiger partial charge on any atom is -0.328 e. The van der Waals surface area contributed by atoms with E-state index in [4.69, 9.17) is 5.73 Å². The van der Waals surface area contributed by atoms with E-state index in [1.807, 2.05) is 4.90 Å². The van der Waals surface area contributed by atoms with E-state index in [2.05, 4.69) is 15.9 Å². The highest BCUT2D eigenvalue weighted by molar-refractivity contribution is 9.10. The first kappa shape index (κ1) is 14.6. The van der Waals surface area contributed by atoms with Crippen molar-refractivity contribution in [2.45, 2.75) is 18.9 Å². The summed E-state index contributed by atoms with van der Waals surface area (Å²) in [5.41, 5.74) is 5.30. The van der Waals surface area contributed by atoms with Crippen LogP contribution >= 0.6 is 15.9 Å². The average molecular weight is 333 g/mol. The maximum absolute atomic E-state index is 13.8. The monoisotopic (exact) mass is 332 g/mol. The molecule has 3 nitrogen and oxygen atoms in total. The highest BCUT2D eigenvalue weighted by Crippen LogP contribution is 2.22. The van der Waals surface area contributed by atoms with Gasteiger partial charge in [-0.25, -0.2) is 8.78 Å². The Morgan fingerprint density at radius 1 is 1.37 bits per heavy atom. The molecule has 0 aromatic heterocycles. The second-order valence-corrected chi connectivity index (χ2v) is 5.61. The molecule has 0 saturated carbocycles. The Hall–Kier alpha value is -0.850. The number of rotatable bonds is 3. The zero-order chi connectivity index (χ0) is 14.0. The summed E-state index contributed by atoms with van der Waals surface area (Å²) >= 11 is 2.96. The van der Waals surface area contributed by atoms with Gasteiger partial charge in [0.25, 0.3) is 0 Å². The van der Waals surface area contributed by atoms with Gasteiger partial charge in [-0.1, -0.05) is 0 Å². The van der Waals surface area contributed by atoms with Crippen LogP contribution in [0.2, 0.25) is 0 Å². The summed E-state index contributed by atoms with van der Waals surface area (Å²) in [6, 6.07) is 2.50. The lowest BCUT2D eigenvalue weighted by Crippen LogP contribution is -2.42. The Balaban J connectivity index is 2.10. The minimum absolute atomic E-state index is 0.0248. The average Bonchev–Trinajstić information content (AvgIpc) is 2.37. The summed E-state index contributed by atoms with van der Waals surface area (Å²) < 4.78 is 27.5. The molecule has 1 aliphatic rings. The Morgan fingerprint density at radius 3 is 2.63 bits per heavy atom. The van der Waals surface area contributed by atoms with E-state index in [-0.39, 0.29) is 17.1 Å². The number of piperidine rings is 1. The SMILES string of the molecule is NC1CCN(CC(=O)c2c(F)ccc(Br)c2F)CC1. The molecule has 1 heterocycles. The van der Waals surface area contributed by atoms with Crippen molar-refractivity contribution in [2.75, 3.05) is 19.6 Å². The molecule has 2 rings (SSSR count). The van der Waals surface area contributed by atoms with Gasteiger partial charge in [-0.2, -0.15) is 0 Å². The third-order valence-electron chi connectivity index (χ3n) is 3.32. The van der Waals surface area contributed by atoms with E-state index in [1.165, 1.54) is 6.07 Å². The summed E-state index contributed by atoms with van der Waals surface area (Å²) in [5.74, 6) is -2.19. The van der Waals surface area contributed by atoms with Crippen molar-refractivity contribution in [1.82, 2.24) is 4.90 Å². The van der Waals surface area contributed by atoms with Crippen LogP contribution in [-0.4, -0.2) is 36.4 Å². The molecule has 0 atom stereocenters. The molecule has 1 aromatic rings. The third kappa shape index (κ3) is 3.38. The maximum Gasteiger partial charge on any atom is 0.182 e. The lowest BCUT2D eigenvalue weighted by atomic mass is 10.0. The van der Waals surface area contributed by atoms with Gasteiger partial charge in [0.1, 0.15) is 5.82 Å². The van der Waals surface area contributed by atoms with Crippen molar-refractivity contribution in [3.8, 4) is 0 Å². The zero-order valence-electron chi connectivity index (χ0n) is 10.3. The van der Waals surface area contributed by atoms with E-state index in [0.717, 1.165) is 18.9 Å². The molecular weight excluding hydrogens is 318 g/mol. The molecule has 0 radical (unpaired) electrons. The largest absolute Gasteiger partial charge is 0.328 e. The van der Waals surface area contributed by atoms with Crippen LogP contribution in [0.4, 0.5) is 8.78 Å². The molecule has 19 heavy (non-hydrogen) atoms. The number of carbonyl (C=O) groups excluding carboxylic acids is 1. The van der Waals surface area contributed by atoms with Gasteiger partial charge in [0.15, 0.2) is 11.6 Å². The highest BCUT2D eigenvalue weighted by atomic mass is 79.9. The van der Waals surface area contributed by atoms with E-state index in [0.29, 0.717) is 13.1 Å². The summed E-state index contributed by atoms with van der Waals surface area (Å²) in [7, 11) is 0. The predicted molar refractivity (Wildman–Crippen MR) is 72.0 cm³/mol. The Morgan fingerprint density at radius 2 is 2.00 bits per heavy atom. The Kier molecular flexibility index (Phi) is 4.65. The van der Waals surface area contributed by atoms with Crippen LogP contribution in [0.5, 0.6) is 0 Å². The van der Waals surface area contributed by atoms with Crippen LogP contribution in [0.25, 0.3) is 0 Å². The van der Waals surface area contributed by atoms with Crippen LogP contribution in [0.3, 0.4) is 0 Å². The number of Topliss-reactive ketones (excluding diaryl/α,β-unsaturated/α-hetero) is 1. The number of hydrogen-bond acceptors (Lipinski definition) is 3. The topological polar surface area (TPSA) is 46.3 Å². The number of carbonyl (C=O) groups is 1. The molecule has 0 unspecified atom stereocenters. The summed E-state index contributed by atoms with van der Waals surface area (Å²) in [5, 5.41) is 0. The predicted octanol–water partition coefficient (Wildman–Crippen LogP) is 2.33. The lowest BCUT2D eigenvalue weighted by molar-refractivity contribution is 0.0901. The van der Waals surface area contributed by atoms with Gasteiger partial charge >= 0.3 is 0 Å². The van der Waals surface area contributed by atoms with E-state index >= 15 is 0 Å². The summed E-state index contributed by atoms with van der Waals surface area (Å²) in [6.45, 7) is 1.39.